The molecular formula is C18H14Cl2N2O3. The van der Waals surface area contributed by atoms with Gasteiger partial charge >= 0.3 is 6.03 Å². The zero-order chi connectivity index (χ0) is 18.0. The van der Waals surface area contributed by atoms with Crippen LogP contribution in [-0.2, 0) is 0 Å². The Labute approximate surface area is 154 Å². The largest absolute Gasteiger partial charge is 0.508 e. The highest BCUT2D eigenvalue weighted by molar-refractivity contribution is 6.41. The fourth-order valence-corrected chi connectivity index (χ4v) is 3.07. The van der Waals surface area contributed by atoms with E-state index in [1.165, 1.54) is 19.2 Å². The summed E-state index contributed by atoms with van der Waals surface area (Å²) < 4.78 is 5.20. The topological polar surface area (TPSA) is 70.6 Å². The van der Waals surface area contributed by atoms with E-state index in [0.717, 1.165) is 0 Å². The molecule has 3 aromatic carbocycles. The number of methoxy groups -OCH3 is 1. The van der Waals surface area contributed by atoms with Gasteiger partial charge < -0.3 is 20.5 Å². The van der Waals surface area contributed by atoms with Crippen molar-refractivity contribution in [2.45, 2.75) is 0 Å². The molecule has 0 unspecified atom stereocenters. The van der Waals surface area contributed by atoms with Crippen molar-refractivity contribution in [3.63, 3.8) is 0 Å². The van der Waals surface area contributed by atoms with Crippen molar-refractivity contribution < 1.29 is 14.6 Å². The van der Waals surface area contributed by atoms with Crippen LogP contribution in [0.15, 0.2) is 48.5 Å². The minimum atomic E-state index is -0.502. The lowest BCUT2D eigenvalue weighted by atomic mass is 10.1. The fraction of sp³-hybridized carbons (Fsp3) is 0.0556. The monoisotopic (exact) mass is 376 g/mol. The number of para-hydroxylation sites is 2. The average molecular weight is 377 g/mol. The number of amides is 2. The van der Waals surface area contributed by atoms with Crippen molar-refractivity contribution in [1.29, 1.82) is 0 Å². The van der Waals surface area contributed by atoms with Crippen LogP contribution in [0.5, 0.6) is 11.5 Å². The molecule has 0 aromatic heterocycles. The molecule has 0 spiro atoms. The first kappa shape index (κ1) is 17.2. The summed E-state index contributed by atoms with van der Waals surface area (Å²) in [5.41, 5.74) is 0.865. The molecule has 2 amide bonds. The van der Waals surface area contributed by atoms with Crippen LogP contribution in [0.4, 0.5) is 16.2 Å². The summed E-state index contributed by atoms with van der Waals surface area (Å²) in [5.74, 6) is 0.571. The van der Waals surface area contributed by atoms with Crippen LogP contribution in [0.2, 0.25) is 10.0 Å². The number of rotatable bonds is 3. The van der Waals surface area contributed by atoms with Crippen LogP contribution < -0.4 is 15.4 Å². The van der Waals surface area contributed by atoms with Gasteiger partial charge in [0.1, 0.15) is 11.5 Å². The number of aromatic hydroxyl groups is 1. The number of nitrogens with one attached hydrogen (secondary N) is 2. The molecule has 0 atom stereocenters. The van der Waals surface area contributed by atoms with Crippen molar-refractivity contribution in [2.24, 2.45) is 0 Å². The number of phenols is 1. The van der Waals surface area contributed by atoms with Crippen LogP contribution in [-0.4, -0.2) is 18.2 Å². The SMILES string of the molecule is COc1ccccc1NC(=O)Nc1c(Cl)cc(Cl)c2ccc(O)cc12. The standard InChI is InChI=1S/C18H14Cl2N2O3/c1-25-16-5-3-2-4-15(16)21-18(24)22-17-12-8-10(23)6-7-11(12)13(19)9-14(17)20/h2-9,23H,1H3,(H2,21,22,24). The Morgan fingerprint density at radius 1 is 1.00 bits per heavy atom. The summed E-state index contributed by atoms with van der Waals surface area (Å²) in [6, 6.07) is 12.7. The maximum absolute atomic E-state index is 12.4. The van der Waals surface area contributed by atoms with Gasteiger partial charge in [0.2, 0.25) is 0 Å². The molecule has 0 bridgehead atoms. The maximum atomic E-state index is 12.4. The summed E-state index contributed by atoms with van der Waals surface area (Å²) in [7, 11) is 1.52. The lowest BCUT2D eigenvalue weighted by Gasteiger charge is -2.14. The van der Waals surface area contributed by atoms with Gasteiger partial charge in [-0.25, -0.2) is 4.79 Å². The molecule has 0 aliphatic heterocycles. The van der Waals surface area contributed by atoms with Crippen LogP contribution >= 0.6 is 23.2 Å². The first-order valence-corrected chi connectivity index (χ1v) is 8.07. The van der Waals surface area contributed by atoms with Crippen LogP contribution in [0.3, 0.4) is 0 Å². The number of hydrogen-bond donors (Lipinski definition) is 3. The molecule has 25 heavy (non-hydrogen) atoms. The molecule has 0 radical (unpaired) electrons. The highest BCUT2D eigenvalue weighted by atomic mass is 35.5. The van der Waals surface area contributed by atoms with Gasteiger partial charge in [-0.1, -0.05) is 35.3 Å². The number of fused-ring (bicyclic) bond motifs is 1. The van der Waals surface area contributed by atoms with Crippen molar-refractivity contribution in [3.8, 4) is 11.5 Å². The Bertz CT molecular complexity index is 960. The smallest absolute Gasteiger partial charge is 0.323 e. The number of ether oxygens (including phenoxy) is 1. The maximum Gasteiger partial charge on any atom is 0.323 e. The Morgan fingerprint density at radius 3 is 2.52 bits per heavy atom. The van der Waals surface area contributed by atoms with E-state index in [9.17, 15) is 9.90 Å². The molecule has 0 saturated carbocycles. The Morgan fingerprint density at radius 2 is 1.76 bits per heavy atom. The summed E-state index contributed by atoms with van der Waals surface area (Å²) in [6.07, 6.45) is 0. The van der Waals surface area contributed by atoms with E-state index in [1.807, 2.05) is 0 Å². The average Bonchev–Trinajstić information content (AvgIpc) is 2.59. The number of anilines is 2. The minimum Gasteiger partial charge on any atom is -0.508 e. The van der Waals surface area contributed by atoms with E-state index in [4.69, 9.17) is 27.9 Å². The quantitative estimate of drug-likeness (QED) is 0.564. The number of halogens is 2. The highest BCUT2D eigenvalue weighted by Gasteiger charge is 2.14. The van der Waals surface area contributed by atoms with E-state index in [-0.39, 0.29) is 10.8 Å². The van der Waals surface area contributed by atoms with E-state index in [1.54, 1.807) is 36.4 Å². The number of carbonyl (C=O) groups excluding carboxylic acids is 1. The third-order valence-corrected chi connectivity index (χ3v) is 4.23. The zero-order valence-corrected chi connectivity index (χ0v) is 14.7. The molecule has 0 heterocycles. The van der Waals surface area contributed by atoms with Crippen molar-refractivity contribution in [3.05, 3.63) is 58.6 Å². The Kier molecular flexibility index (Phi) is 4.88. The molecule has 0 aliphatic rings. The fourth-order valence-electron chi connectivity index (χ4n) is 2.48. The number of benzene rings is 3. The molecule has 0 aliphatic carbocycles. The van der Waals surface area contributed by atoms with E-state index in [0.29, 0.717) is 32.9 Å². The van der Waals surface area contributed by atoms with Gasteiger partial charge in [-0.15, -0.1) is 0 Å². The first-order chi connectivity index (χ1) is 12.0. The molecule has 0 saturated heterocycles. The molecule has 5 nitrogen and oxygen atoms in total. The van der Waals surface area contributed by atoms with Crippen LogP contribution in [0.1, 0.15) is 0 Å². The van der Waals surface area contributed by atoms with Gasteiger partial charge in [-0.3, -0.25) is 0 Å². The lowest BCUT2D eigenvalue weighted by Crippen LogP contribution is -2.20. The number of urea groups is 1. The Balaban J connectivity index is 1.95. The third-order valence-electron chi connectivity index (χ3n) is 3.62. The van der Waals surface area contributed by atoms with Crippen molar-refractivity contribution in [2.75, 3.05) is 17.7 Å². The number of hydrogen-bond acceptors (Lipinski definition) is 3. The molecule has 3 N–H and O–H groups in total. The normalized spacial score (nSPS) is 10.5. The third kappa shape index (κ3) is 3.57. The second-order valence-electron chi connectivity index (χ2n) is 5.22. The molecule has 0 fully saturated rings. The Hall–Kier alpha value is -2.63. The molecular weight excluding hydrogens is 363 g/mol. The summed E-state index contributed by atoms with van der Waals surface area (Å²) in [4.78, 5) is 12.4. The highest BCUT2D eigenvalue weighted by Crippen LogP contribution is 2.38. The van der Waals surface area contributed by atoms with Crippen molar-refractivity contribution in [1.82, 2.24) is 0 Å². The minimum absolute atomic E-state index is 0.0408. The van der Waals surface area contributed by atoms with E-state index < -0.39 is 6.03 Å². The first-order valence-electron chi connectivity index (χ1n) is 7.31. The summed E-state index contributed by atoms with van der Waals surface area (Å²) in [6.45, 7) is 0. The summed E-state index contributed by atoms with van der Waals surface area (Å²) in [5, 5.41) is 17.0. The van der Waals surface area contributed by atoms with Crippen LogP contribution in [0, 0.1) is 0 Å². The molecule has 3 aromatic rings. The van der Waals surface area contributed by atoms with Crippen LogP contribution in [0.25, 0.3) is 10.8 Å². The predicted octanol–water partition coefficient (Wildman–Crippen LogP) is 5.50. The predicted molar refractivity (Wildman–Crippen MR) is 101 cm³/mol. The second-order valence-corrected chi connectivity index (χ2v) is 6.04. The molecule has 7 heteroatoms. The number of phenolic OH excluding ortho intramolecular Hbond substituents is 1. The van der Waals surface area contributed by atoms with Gasteiger partial charge in [0, 0.05) is 10.8 Å². The van der Waals surface area contributed by atoms with Gasteiger partial charge in [0.25, 0.3) is 0 Å². The molecule has 3 rings (SSSR count). The van der Waals surface area contributed by atoms with Gasteiger partial charge in [0.05, 0.1) is 28.5 Å². The second kappa shape index (κ2) is 7.09. The zero-order valence-electron chi connectivity index (χ0n) is 13.1. The lowest BCUT2D eigenvalue weighted by molar-refractivity contribution is 0.262. The summed E-state index contributed by atoms with van der Waals surface area (Å²) >= 11 is 12.4. The van der Waals surface area contributed by atoms with Gasteiger partial charge in [0.15, 0.2) is 0 Å². The van der Waals surface area contributed by atoms with Gasteiger partial charge in [-0.05, 0) is 36.4 Å². The molecule has 128 valence electrons. The van der Waals surface area contributed by atoms with Gasteiger partial charge in [-0.2, -0.15) is 0 Å². The number of carbonyl (C=O) groups is 1. The van der Waals surface area contributed by atoms with E-state index >= 15 is 0 Å². The van der Waals surface area contributed by atoms with Crippen molar-refractivity contribution >= 4 is 51.4 Å². The van der Waals surface area contributed by atoms with E-state index in [2.05, 4.69) is 10.6 Å².